The maximum absolute atomic E-state index is 10.5. The number of carbonyl (C=O) groups is 2. The minimum atomic E-state index is -1.23. The van der Waals surface area contributed by atoms with Crippen molar-refractivity contribution in [2.45, 2.75) is 52.4 Å². The maximum atomic E-state index is 10.5. The zero-order valence-electron chi connectivity index (χ0n) is 12.3. The molecule has 4 heteroatoms. The van der Waals surface area contributed by atoms with Gasteiger partial charge in [-0.3, -0.25) is 0 Å². The predicted octanol–water partition coefficient (Wildman–Crippen LogP) is 4.45. The molecule has 2 N–H and O–H groups in total. The molecule has 20 heavy (non-hydrogen) atoms. The van der Waals surface area contributed by atoms with E-state index in [1.165, 1.54) is 62.8 Å². The van der Waals surface area contributed by atoms with E-state index in [9.17, 15) is 9.59 Å². The molecule has 0 aliphatic carbocycles. The van der Waals surface area contributed by atoms with E-state index in [2.05, 4.69) is 13.8 Å². The topological polar surface area (TPSA) is 74.6 Å². The van der Waals surface area contributed by atoms with E-state index in [4.69, 9.17) is 10.2 Å². The van der Waals surface area contributed by atoms with Crippen molar-refractivity contribution in [3.63, 3.8) is 0 Å². The van der Waals surface area contributed by atoms with Crippen LogP contribution >= 0.6 is 0 Å². The highest BCUT2D eigenvalue weighted by molar-refractivity contribution is 6.01. The van der Waals surface area contributed by atoms with E-state index in [0.717, 1.165) is 0 Å². The largest absolute Gasteiger partial charge is 0.478 e. The smallest absolute Gasteiger partial charge is 0.336 e. The molecule has 1 rings (SSSR count). The lowest BCUT2D eigenvalue weighted by Gasteiger charge is -1.98. The van der Waals surface area contributed by atoms with Crippen LogP contribution in [0.3, 0.4) is 0 Å². The summed E-state index contributed by atoms with van der Waals surface area (Å²) in [5.41, 5.74) is -0.380. The van der Waals surface area contributed by atoms with E-state index < -0.39 is 11.9 Å². The number of benzene rings is 1. The van der Waals surface area contributed by atoms with Crippen LogP contribution < -0.4 is 0 Å². The van der Waals surface area contributed by atoms with Crippen LogP contribution in [0.5, 0.6) is 0 Å². The molecule has 112 valence electrons. The van der Waals surface area contributed by atoms with Crippen molar-refractivity contribution in [1.82, 2.24) is 0 Å². The third kappa shape index (κ3) is 7.56. The fraction of sp³-hybridized carbons (Fsp3) is 0.500. The third-order valence-electron chi connectivity index (χ3n) is 2.84. The zero-order chi connectivity index (χ0) is 15.4. The third-order valence-corrected chi connectivity index (χ3v) is 2.84. The molecule has 0 saturated heterocycles. The summed E-state index contributed by atoms with van der Waals surface area (Å²) in [5.74, 6) is -2.46. The molecule has 0 bridgehead atoms. The molecule has 0 amide bonds. The highest BCUT2D eigenvalue weighted by Gasteiger charge is 2.13. The summed E-state index contributed by atoms with van der Waals surface area (Å²) >= 11 is 0. The van der Waals surface area contributed by atoms with Crippen LogP contribution in [-0.2, 0) is 0 Å². The Morgan fingerprint density at radius 2 is 1.15 bits per heavy atom. The summed E-state index contributed by atoms with van der Waals surface area (Å²) in [6, 6.07) is 5.48. The summed E-state index contributed by atoms with van der Waals surface area (Å²) < 4.78 is 0. The Balaban J connectivity index is 0.000000396. The van der Waals surface area contributed by atoms with E-state index >= 15 is 0 Å². The molecule has 0 atom stereocenters. The van der Waals surface area contributed by atoms with Crippen molar-refractivity contribution in [3.05, 3.63) is 35.4 Å². The SMILES string of the molecule is CCCCCCCC.O=C(O)c1ccccc1C(=O)O. The summed E-state index contributed by atoms with van der Waals surface area (Å²) in [5, 5.41) is 17.1. The van der Waals surface area contributed by atoms with Gasteiger partial charge in [-0.05, 0) is 12.1 Å². The van der Waals surface area contributed by atoms with Crippen LogP contribution in [0.4, 0.5) is 0 Å². The van der Waals surface area contributed by atoms with Gasteiger partial charge in [-0.15, -0.1) is 0 Å². The van der Waals surface area contributed by atoms with Crippen LogP contribution in [0, 0.1) is 0 Å². The lowest BCUT2D eigenvalue weighted by Crippen LogP contribution is -2.06. The van der Waals surface area contributed by atoms with Gasteiger partial charge in [0, 0.05) is 0 Å². The molecule has 4 nitrogen and oxygen atoms in total. The molecule has 0 fully saturated rings. The van der Waals surface area contributed by atoms with Crippen LogP contribution in [0.1, 0.15) is 73.1 Å². The van der Waals surface area contributed by atoms with Gasteiger partial charge in [0.05, 0.1) is 11.1 Å². The molecule has 0 radical (unpaired) electrons. The Hall–Kier alpha value is -1.84. The van der Waals surface area contributed by atoms with Crippen LogP contribution in [0.2, 0.25) is 0 Å². The maximum Gasteiger partial charge on any atom is 0.336 e. The van der Waals surface area contributed by atoms with Gasteiger partial charge >= 0.3 is 11.9 Å². The predicted molar refractivity (Wildman–Crippen MR) is 79.4 cm³/mol. The van der Waals surface area contributed by atoms with Gasteiger partial charge < -0.3 is 10.2 Å². The van der Waals surface area contributed by atoms with E-state index in [1.54, 1.807) is 0 Å². The first-order valence-electron chi connectivity index (χ1n) is 7.10. The monoisotopic (exact) mass is 280 g/mol. The van der Waals surface area contributed by atoms with Gasteiger partial charge in [0.1, 0.15) is 0 Å². The molecule has 0 aliphatic heterocycles. The normalized spacial score (nSPS) is 9.50. The highest BCUT2D eigenvalue weighted by atomic mass is 16.4. The summed E-state index contributed by atoms with van der Waals surface area (Å²) in [6.45, 7) is 4.51. The van der Waals surface area contributed by atoms with Gasteiger partial charge in [0.15, 0.2) is 0 Å². The molecule has 1 aromatic rings. The second-order valence-corrected chi connectivity index (χ2v) is 4.57. The zero-order valence-corrected chi connectivity index (χ0v) is 12.3. The van der Waals surface area contributed by atoms with Crippen molar-refractivity contribution in [2.75, 3.05) is 0 Å². The molecule has 0 heterocycles. The number of rotatable bonds is 7. The molecule has 0 unspecified atom stereocenters. The molecule has 1 aromatic carbocycles. The molecule has 0 aliphatic rings. The summed E-state index contributed by atoms with van der Waals surface area (Å²) in [6.07, 6.45) is 8.49. The average molecular weight is 280 g/mol. The highest BCUT2D eigenvalue weighted by Crippen LogP contribution is 2.07. The Labute approximate surface area is 120 Å². The van der Waals surface area contributed by atoms with Gasteiger partial charge in [0.2, 0.25) is 0 Å². The van der Waals surface area contributed by atoms with Gasteiger partial charge in [-0.1, -0.05) is 64.5 Å². The fourth-order valence-electron chi connectivity index (χ4n) is 1.71. The Kier molecular flexibility index (Phi) is 10.0. The summed E-state index contributed by atoms with van der Waals surface area (Å²) in [7, 11) is 0. The van der Waals surface area contributed by atoms with Crippen LogP contribution in [0.15, 0.2) is 24.3 Å². The van der Waals surface area contributed by atoms with Crippen molar-refractivity contribution in [1.29, 1.82) is 0 Å². The molecule has 0 saturated carbocycles. The van der Waals surface area contributed by atoms with Crippen LogP contribution in [0.25, 0.3) is 0 Å². The Morgan fingerprint density at radius 1 is 0.800 bits per heavy atom. The number of aromatic carboxylic acids is 2. The minimum Gasteiger partial charge on any atom is -0.478 e. The van der Waals surface area contributed by atoms with Gasteiger partial charge in [0.25, 0.3) is 0 Å². The van der Waals surface area contributed by atoms with E-state index in [1.807, 2.05) is 0 Å². The standard InChI is InChI=1S/C8H6O4.C8H18/c9-7(10)5-3-1-2-4-6(5)8(11)12;1-3-5-7-8-6-4-2/h1-4H,(H,9,10)(H,11,12);3-8H2,1-2H3. The number of hydrogen-bond donors (Lipinski definition) is 2. The molecule has 0 aromatic heterocycles. The number of carboxylic acid groups (broad SMARTS) is 2. The average Bonchev–Trinajstić information content (AvgIpc) is 2.44. The molecular formula is C16H24O4. The minimum absolute atomic E-state index is 0.190. The van der Waals surface area contributed by atoms with E-state index in [0.29, 0.717) is 0 Å². The van der Waals surface area contributed by atoms with Gasteiger partial charge in [-0.25, -0.2) is 9.59 Å². The Bertz CT molecular complexity index is 374. The fourth-order valence-corrected chi connectivity index (χ4v) is 1.71. The van der Waals surface area contributed by atoms with Crippen molar-refractivity contribution < 1.29 is 19.8 Å². The molecule has 0 spiro atoms. The Morgan fingerprint density at radius 3 is 1.40 bits per heavy atom. The summed E-state index contributed by atoms with van der Waals surface area (Å²) in [4.78, 5) is 20.9. The first-order valence-corrected chi connectivity index (χ1v) is 7.10. The van der Waals surface area contributed by atoms with Crippen LogP contribution in [-0.4, -0.2) is 22.2 Å². The van der Waals surface area contributed by atoms with Crippen molar-refractivity contribution >= 4 is 11.9 Å². The van der Waals surface area contributed by atoms with Crippen molar-refractivity contribution in [2.24, 2.45) is 0 Å². The van der Waals surface area contributed by atoms with Crippen molar-refractivity contribution in [3.8, 4) is 0 Å². The second-order valence-electron chi connectivity index (χ2n) is 4.57. The second kappa shape index (κ2) is 11.0. The number of unbranched alkanes of at least 4 members (excludes halogenated alkanes) is 5. The lowest BCUT2D eigenvalue weighted by molar-refractivity contribution is 0.0651. The quantitative estimate of drug-likeness (QED) is 0.723. The lowest BCUT2D eigenvalue weighted by atomic mass is 10.1. The first-order chi connectivity index (χ1) is 9.54. The van der Waals surface area contributed by atoms with E-state index in [-0.39, 0.29) is 11.1 Å². The van der Waals surface area contributed by atoms with Gasteiger partial charge in [-0.2, -0.15) is 0 Å². The first kappa shape index (κ1) is 18.2. The number of carboxylic acids is 2. The number of hydrogen-bond acceptors (Lipinski definition) is 2. The molecular weight excluding hydrogens is 256 g/mol.